The van der Waals surface area contributed by atoms with Gasteiger partial charge in [-0.3, -0.25) is 4.79 Å². The third-order valence-corrected chi connectivity index (χ3v) is 1.76. The SMILES string of the molecule is C=CNc1cccc(C=O)c1C. The van der Waals surface area contributed by atoms with Gasteiger partial charge in [0.15, 0.2) is 0 Å². The number of hydrogen-bond acceptors (Lipinski definition) is 2. The zero-order valence-corrected chi connectivity index (χ0v) is 7.00. The van der Waals surface area contributed by atoms with Crippen LogP contribution in [0.15, 0.2) is 31.0 Å². The van der Waals surface area contributed by atoms with E-state index >= 15 is 0 Å². The van der Waals surface area contributed by atoms with Gasteiger partial charge in [0.1, 0.15) is 6.29 Å². The molecule has 2 nitrogen and oxygen atoms in total. The van der Waals surface area contributed by atoms with E-state index in [1.165, 1.54) is 0 Å². The summed E-state index contributed by atoms with van der Waals surface area (Å²) in [7, 11) is 0. The van der Waals surface area contributed by atoms with Crippen LogP contribution in [0.3, 0.4) is 0 Å². The smallest absolute Gasteiger partial charge is 0.150 e. The maximum Gasteiger partial charge on any atom is 0.150 e. The largest absolute Gasteiger partial charge is 0.362 e. The minimum absolute atomic E-state index is 0.710. The predicted molar refractivity (Wildman–Crippen MR) is 50.4 cm³/mol. The Morgan fingerprint density at radius 3 is 2.83 bits per heavy atom. The molecular weight excluding hydrogens is 150 g/mol. The summed E-state index contributed by atoms with van der Waals surface area (Å²) in [5.74, 6) is 0. The number of hydrogen-bond donors (Lipinski definition) is 1. The molecule has 0 saturated heterocycles. The molecule has 0 amide bonds. The van der Waals surface area contributed by atoms with Crippen molar-refractivity contribution in [1.82, 2.24) is 0 Å². The lowest BCUT2D eigenvalue weighted by atomic mass is 10.1. The minimum atomic E-state index is 0.710. The summed E-state index contributed by atoms with van der Waals surface area (Å²) in [5, 5.41) is 2.96. The number of benzene rings is 1. The molecule has 1 N–H and O–H groups in total. The highest BCUT2D eigenvalue weighted by molar-refractivity contribution is 5.80. The lowest BCUT2D eigenvalue weighted by molar-refractivity contribution is 0.112. The maximum absolute atomic E-state index is 10.5. The zero-order chi connectivity index (χ0) is 8.97. The molecule has 62 valence electrons. The van der Waals surface area contributed by atoms with Crippen LogP contribution in [-0.2, 0) is 0 Å². The fraction of sp³-hybridized carbons (Fsp3) is 0.100. The lowest BCUT2D eigenvalue weighted by Crippen LogP contribution is -1.93. The Bertz CT molecular complexity index is 305. The van der Waals surface area contributed by atoms with Gasteiger partial charge in [0.25, 0.3) is 0 Å². The molecule has 1 aromatic rings. The molecule has 0 atom stereocenters. The van der Waals surface area contributed by atoms with Crippen molar-refractivity contribution in [2.75, 3.05) is 5.32 Å². The average Bonchev–Trinajstić information content (AvgIpc) is 2.09. The summed E-state index contributed by atoms with van der Waals surface area (Å²) in [4.78, 5) is 10.5. The van der Waals surface area contributed by atoms with Crippen LogP contribution in [0.25, 0.3) is 0 Å². The highest BCUT2D eigenvalue weighted by Gasteiger charge is 1.99. The monoisotopic (exact) mass is 161 g/mol. The maximum atomic E-state index is 10.5. The van der Waals surface area contributed by atoms with E-state index in [0.717, 1.165) is 17.5 Å². The standard InChI is InChI=1S/C10H11NO/c1-3-11-10-6-4-5-9(7-12)8(10)2/h3-7,11H,1H2,2H3. The molecule has 0 aliphatic rings. The molecule has 0 spiro atoms. The second kappa shape index (κ2) is 3.72. The highest BCUT2D eigenvalue weighted by Crippen LogP contribution is 2.16. The van der Waals surface area contributed by atoms with Crippen molar-refractivity contribution >= 4 is 12.0 Å². The number of nitrogens with one attached hydrogen (secondary N) is 1. The number of carbonyl (C=O) groups excluding carboxylic acids is 1. The Labute approximate surface area is 71.9 Å². The fourth-order valence-electron chi connectivity index (χ4n) is 1.05. The Morgan fingerprint density at radius 1 is 1.50 bits per heavy atom. The molecule has 1 rings (SSSR count). The van der Waals surface area contributed by atoms with Gasteiger partial charge in [0.05, 0.1) is 0 Å². The minimum Gasteiger partial charge on any atom is -0.362 e. The molecule has 0 saturated carbocycles. The van der Waals surface area contributed by atoms with Gasteiger partial charge < -0.3 is 5.32 Å². The van der Waals surface area contributed by atoms with Gasteiger partial charge >= 0.3 is 0 Å². The number of rotatable bonds is 3. The van der Waals surface area contributed by atoms with Gasteiger partial charge in [-0.25, -0.2) is 0 Å². The first kappa shape index (κ1) is 8.53. The molecule has 0 aliphatic carbocycles. The van der Waals surface area contributed by atoms with Crippen molar-refractivity contribution in [3.8, 4) is 0 Å². The molecule has 0 unspecified atom stereocenters. The van der Waals surface area contributed by atoms with E-state index in [0.29, 0.717) is 5.56 Å². The Morgan fingerprint density at radius 2 is 2.25 bits per heavy atom. The van der Waals surface area contributed by atoms with E-state index < -0.39 is 0 Å². The van der Waals surface area contributed by atoms with E-state index in [1.807, 2.05) is 19.1 Å². The van der Waals surface area contributed by atoms with E-state index in [1.54, 1.807) is 12.3 Å². The Kier molecular flexibility index (Phi) is 2.64. The van der Waals surface area contributed by atoms with Crippen molar-refractivity contribution in [3.05, 3.63) is 42.1 Å². The van der Waals surface area contributed by atoms with Crippen LogP contribution in [0, 0.1) is 6.92 Å². The van der Waals surface area contributed by atoms with E-state index in [2.05, 4.69) is 11.9 Å². The van der Waals surface area contributed by atoms with Crippen LogP contribution in [-0.4, -0.2) is 6.29 Å². The van der Waals surface area contributed by atoms with Crippen LogP contribution in [0.4, 0.5) is 5.69 Å². The summed E-state index contributed by atoms with van der Waals surface area (Å²) in [6.07, 6.45) is 2.44. The normalized spacial score (nSPS) is 9.08. The first-order valence-corrected chi connectivity index (χ1v) is 3.72. The molecule has 2 heteroatoms. The average molecular weight is 161 g/mol. The lowest BCUT2D eigenvalue weighted by Gasteiger charge is -2.05. The van der Waals surface area contributed by atoms with Crippen LogP contribution in [0.2, 0.25) is 0 Å². The third-order valence-electron chi connectivity index (χ3n) is 1.76. The molecule has 0 aromatic heterocycles. The first-order chi connectivity index (χ1) is 5.79. The molecule has 0 fully saturated rings. The van der Waals surface area contributed by atoms with E-state index in [9.17, 15) is 4.79 Å². The fourth-order valence-corrected chi connectivity index (χ4v) is 1.05. The summed E-state index contributed by atoms with van der Waals surface area (Å²) in [6, 6.07) is 5.53. The molecule has 12 heavy (non-hydrogen) atoms. The second-order valence-corrected chi connectivity index (χ2v) is 2.49. The van der Waals surface area contributed by atoms with Gasteiger partial charge in [0.2, 0.25) is 0 Å². The van der Waals surface area contributed by atoms with Gasteiger partial charge in [0, 0.05) is 11.3 Å². The Balaban J connectivity index is 3.12. The van der Waals surface area contributed by atoms with Crippen LogP contribution >= 0.6 is 0 Å². The third kappa shape index (κ3) is 1.53. The molecule has 0 aliphatic heterocycles. The summed E-state index contributed by atoms with van der Waals surface area (Å²) in [6.45, 7) is 5.45. The van der Waals surface area contributed by atoms with Crippen LogP contribution in [0.1, 0.15) is 15.9 Å². The number of aldehydes is 1. The van der Waals surface area contributed by atoms with Crippen LogP contribution in [0.5, 0.6) is 0 Å². The van der Waals surface area contributed by atoms with Crippen molar-refractivity contribution in [3.63, 3.8) is 0 Å². The molecule has 0 heterocycles. The molecule has 1 aromatic carbocycles. The van der Waals surface area contributed by atoms with Crippen LogP contribution < -0.4 is 5.32 Å². The van der Waals surface area contributed by atoms with Gasteiger partial charge in [-0.05, 0) is 24.8 Å². The van der Waals surface area contributed by atoms with Crippen molar-refractivity contribution < 1.29 is 4.79 Å². The van der Waals surface area contributed by atoms with Crippen molar-refractivity contribution in [1.29, 1.82) is 0 Å². The second-order valence-electron chi connectivity index (χ2n) is 2.49. The summed E-state index contributed by atoms with van der Waals surface area (Å²) in [5.41, 5.74) is 2.59. The summed E-state index contributed by atoms with van der Waals surface area (Å²) < 4.78 is 0. The topological polar surface area (TPSA) is 29.1 Å². The number of carbonyl (C=O) groups is 1. The molecular formula is C10H11NO. The predicted octanol–water partition coefficient (Wildman–Crippen LogP) is 2.36. The zero-order valence-electron chi connectivity index (χ0n) is 7.00. The quantitative estimate of drug-likeness (QED) is 0.689. The van der Waals surface area contributed by atoms with Crippen molar-refractivity contribution in [2.45, 2.75) is 6.92 Å². The van der Waals surface area contributed by atoms with Gasteiger partial charge in [-0.2, -0.15) is 0 Å². The van der Waals surface area contributed by atoms with Gasteiger partial charge in [-0.15, -0.1) is 0 Å². The Hall–Kier alpha value is -1.57. The van der Waals surface area contributed by atoms with E-state index in [-0.39, 0.29) is 0 Å². The molecule has 0 bridgehead atoms. The highest BCUT2D eigenvalue weighted by atomic mass is 16.1. The summed E-state index contributed by atoms with van der Waals surface area (Å²) >= 11 is 0. The molecule has 0 radical (unpaired) electrons. The first-order valence-electron chi connectivity index (χ1n) is 3.72. The van der Waals surface area contributed by atoms with E-state index in [4.69, 9.17) is 0 Å². The van der Waals surface area contributed by atoms with Crippen molar-refractivity contribution in [2.24, 2.45) is 0 Å². The van der Waals surface area contributed by atoms with Gasteiger partial charge in [-0.1, -0.05) is 18.7 Å². The number of anilines is 1.